The molecule has 0 aromatic carbocycles. The van der Waals surface area contributed by atoms with E-state index in [0.29, 0.717) is 52.0 Å². The van der Waals surface area contributed by atoms with E-state index in [-0.39, 0.29) is 30.2 Å². The Balaban J connectivity index is 1.59. The van der Waals surface area contributed by atoms with Gasteiger partial charge in [0.05, 0.1) is 5.92 Å². The molecule has 0 saturated carbocycles. The summed E-state index contributed by atoms with van der Waals surface area (Å²) in [6, 6.07) is 0. The summed E-state index contributed by atoms with van der Waals surface area (Å²) in [4.78, 5) is 25.9. The lowest BCUT2D eigenvalue weighted by atomic mass is 9.93. The van der Waals surface area contributed by atoms with E-state index in [9.17, 15) is 18.0 Å². The summed E-state index contributed by atoms with van der Waals surface area (Å²) in [5.41, 5.74) is 5.35. The van der Waals surface area contributed by atoms with Crippen LogP contribution in [0.1, 0.15) is 44.9 Å². The van der Waals surface area contributed by atoms with E-state index in [2.05, 4.69) is 0 Å². The summed E-state index contributed by atoms with van der Waals surface area (Å²) in [5, 5.41) is 0. The van der Waals surface area contributed by atoms with E-state index in [4.69, 9.17) is 5.73 Å². The molecule has 2 N–H and O–H groups in total. The number of hydrogen-bond acceptors (Lipinski definition) is 4. The largest absolute Gasteiger partial charge is 0.369 e. The van der Waals surface area contributed by atoms with Crippen molar-refractivity contribution >= 4 is 22.0 Å². The first kappa shape index (κ1) is 19.6. The predicted octanol–water partition coefficient (Wildman–Crippen LogP) is 0.153. The maximum Gasteiger partial charge on any atom is 0.281 e. The molecule has 26 heavy (non-hydrogen) atoms. The Kier molecular flexibility index (Phi) is 6.19. The number of hydrogen-bond donors (Lipinski definition) is 1. The average molecular weight is 387 g/mol. The molecule has 0 radical (unpaired) electrons. The standard InChI is InChI=1S/C17H30N4O4S/c18-16(22)14-6-11-19(12-7-14)17(23)15-5-4-10-21(13-15)26(24,25)20-8-2-1-3-9-20/h14-15H,1-13H2,(H2,18,22). The molecule has 3 saturated heterocycles. The van der Waals surface area contributed by atoms with Crippen LogP contribution in [0.5, 0.6) is 0 Å². The van der Waals surface area contributed by atoms with Gasteiger partial charge in [0, 0.05) is 45.2 Å². The molecule has 0 spiro atoms. The molecule has 0 aromatic rings. The number of likely N-dealkylation sites (tertiary alicyclic amines) is 1. The Morgan fingerprint density at radius 2 is 1.38 bits per heavy atom. The van der Waals surface area contributed by atoms with E-state index in [1.165, 1.54) is 4.31 Å². The summed E-state index contributed by atoms with van der Waals surface area (Å²) in [7, 11) is -3.47. The molecule has 3 fully saturated rings. The van der Waals surface area contributed by atoms with Crippen LogP contribution in [0, 0.1) is 11.8 Å². The molecular weight excluding hydrogens is 356 g/mol. The van der Waals surface area contributed by atoms with E-state index < -0.39 is 10.2 Å². The zero-order valence-electron chi connectivity index (χ0n) is 15.3. The van der Waals surface area contributed by atoms with Crippen LogP contribution in [0.2, 0.25) is 0 Å². The number of carbonyl (C=O) groups is 2. The van der Waals surface area contributed by atoms with Crippen molar-refractivity contribution in [2.75, 3.05) is 39.3 Å². The molecule has 9 heteroatoms. The van der Waals surface area contributed by atoms with Crippen LogP contribution in [0.15, 0.2) is 0 Å². The topological polar surface area (TPSA) is 104 Å². The normalized spacial score (nSPS) is 27.4. The van der Waals surface area contributed by atoms with Gasteiger partial charge in [-0.2, -0.15) is 17.0 Å². The maximum atomic E-state index is 12.9. The van der Waals surface area contributed by atoms with Gasteiger partial charge in [-0.05, 0) is 38.5 Å². The lowest BCUT2D eigenvalue weighted by Crippen LogP contribution is -2.52. The number of piperidine rings is 3. The van der Waals surface area contributed by atoms with Gasteiger partial charge < -0.3 is 10.6 Å². The Labute approximate surface area is 155 Å². The molecule has 0 aliphatic carbocycles. The molecule has 148 valence electrons. The van der Waals surface area contributed by atoms with E-state index in [1.807, 2.05) is 0 Å². The number of nitrogens with two attached hydrogens (primary N) is 1. The van der Waals surface area contributed by atoms with Crippen LogP contribution >= 0.6 is 0 Å². The monoisotopic (exact) mass is 386 g/mol. The van der Waals surface area contributed by atoms with Crippen molar-refractivity contribution < 1.29 is 18.0 Å². The van der Waals surface area contributed by atoms with Crippen LogP contribution in [0.25, 0.3) is 0 Å². The number of primary amides is 1. The number of rotatable bonds is 4. The highest BCUT2D eigenvalue weighted by molar-refractivity contribution is 7.86. The van der Waals surface area contributed by atoms with E-state index >= 15 is 0 Å². The van der Waals surface area contributed by atoms with E-state index in [1.54, 1.807) is 9.21 Å². The lowest BCUT2D eigenvalue weighted by molar-refractivity contribution is -0.139. The van der Waals surface area contributed by atoms with Crippen LogP contribution in [0.3, 0.4) is 0 Å². The zero-order valence-corrected chi connectivity index (χ0v) is 16.1. The minimum atomic E-state index is -3.47. The van der Waals surface area contributed by atoms with Crippen molar-refractivity contribution in [1.82, 2.24) is 13.5 Å². The fourth-order valence-corrected chi connectivity index (χ4v) is 6.03. The SMILES string of the molecule is NC(=O)C1CCN(C(=O)C2CCCN(S(=O)(=O)N3CCCCC3)C2)CC1. The number of amides is 2. The third-order valence-corrected chi connectivity index (χ3v) is 7.91. The van der Waals surface area contributed by atoms with Crippen molar-refractivity contribution in [2.45, 2.75) is 44.9 Å². The smallest absolute Gasteiger partial charge is 0.281 e. The second kappa shape index (κ2) is 8.22. The molecule has 2 amide bonds. The van der Waals surface area contributed by atoms with Crippen molar-refractivity contribution in [3.8, 4) is 0 Å². The van der Waals surface area contributed by atoms with Gasteiger partial charge >= 0.3 is 0 Å². The second-order valence-electron chi connectivity index (χ2n) is 7.67. The summed E-state index contributed by atoms with van der Waals surface area (Å²) in [5.74, 6) is -0.713. The van der Waals surface area contributed by atoms with Gasteiger partial charge in [-0.25, -0.2) is 0 Å². The summed E-state index contributed by atoms with van der Waals surface area (Å²) in [6.07, 6.45) is 5.53. The minimum absolute atomic E-state index is 0.0199. The first-order chi connectivity index (χ1) is 12.4. The highest BCUT2D eigenvalue weighted by atomic mass is 32.2. The molecule has 0 aromatic heterocycles. The lowest BCUT2D eigenvalue weighted by Gasteiger charge is -2.39. The Morgan fingerprint density at radius 1 is 0.769 bits per heavy atom. The third-order valence-electron chi connectivity index (χ3n) is 5.91. The molecule has 3 aliphatic heterocycles. The molecule has 3 aliphatic rings. The molecular formula is C17H30N4O4S. The van der Waals surface area contributed by atoms with Gasteiger partial charge in [-0.3, -0.25) is 9.59 Å². The van der Waals surface area contributed by atoms with Gasteiger partial charge in [-0.1, -0.05) is 6.42 Å². The highest BCUT2D eigenvalue weighted by Gasteiger charge is 2.38. The molecule has 8 nitrogen and oxygen atoms in total. The van der Waals surface area contributed by atoms with Crippen LogP contribution < -0.4 is 5.73 Å². The Morgan fingerprint density at radius 3 is 2.00 bits per heavy atom. The van der Waals surface area contributed by atoms with Gasteiger partial charge in [0.2, 0.25) is 11.8 Å². The van der Waals surface area contributed by atoms with Crippen molar-refractivity contribution in [3.05, 3.63) is 0 Å². The Hall–Kier alpha value is -1.19. The quantitative estimate of drug-likeness (QED) is 0.743. The minimum Gasteiger partial charge on any atom is -0.369 e. The van der Waals surface area contributed by atoms with Gasteiger partial charge in [-0.15, -0.1) is 0 Å². The highest BCUT2D eigenvalue weighted by Crippen LogP contribution is 2.26. The maximum absolute atomic E-state index is 12.9. The van der Waals surface area contributed by atoms with E-state index in [0.717, 1.165) is 25.7 Å². The van der Waals surface area contributed by atoms with Crippen molar-refractivity contribution in [1.29, 1.82) is 0 Å². The van der Waals surface area contributed by atoms with Crippen molar-refractivity contribution in [3.63, 3.8) is 0 Å². The predicted molar refractivity (Wildman–Crippen MR) is 97.1 cm³/mol. The third kappa shape index (κ3) is 4.20. The Bertz CT molecular complexity index is 625. The average Bonchev–Trinajstić information content (AvgIpc) is 2.68. The van der Waals surface area contributed by atoms with Crippen molar-refractivity contribution in [2.24, 2.45) is 17.6 Å². The van der Waals surface area contributed by atoms with Gasteiger partial charge in [0.25, 0.3) is 10.2 Å². The van der Waals surface area contributed by atoms with Crippen LogP contribution in [-0.2, 0) is 19.8 Å². The molecule has 3 rings (SSSR count). The number of carbonyl (C=O) groups excluding carboxylic acids is 2. The first-order valence-electron chi connectivity index (χ1n) is 9.73. The summed E-state index contributed by atoms with van der Waals surface area (Å²) < 4.78 is 28.8. The fraction of sp³-hybridized carbons (Fsp3) is 0.882. The molecule has 0 bridgehead atoms. The molecule has 1 unspecified atom stereocenters. The molecule has 1 atom stereocenters. The second-order valence-corrected chi connectivity index (χ2v) is 9.60. The van der Waals surface area contributed by atoms with Crippen LogP contribution in [0.4, 0.5) is 0 Å². The van der Waals surface area contributed by atoms with Gasteiger partial charge in [0.1, 0.15) is 0 Å². The summed E-state index contributed by atoms with van der Waals surface area (Å²) in [6.45, 7) is 2.99. The number of nitrogens with zero attached hydrogens (tertiary/aromatic N) is 3. The first-order valence-corrected chi connectivity index (χ1v) is 11.1. The molecule has 3 heterocycles. The van der Waals surface area contributed by atoms with Crippen LogP contribution in [-0.4, -0.2) is 73.0 Å². The van der Waals surface area contributed by atoms with Gasteiger partial charge in [0.15, 0.2) is 0 Å². The fourth-order valence-electron chi connectivity index (χ4n) is 4.26. The summed E-state index contributed by atoms with van der Waals surface area (Å²) >= 11 is 0. The zero-order chi connectivity index (χ0) is 18.7.